The molecule has 4 nitrogen and oxygen atoms in total. The van der Waals surface area contributed by atoms with E-state index in [0.717, 1.165) is 43.9 Å². The zero-order chi connectivity index (χ0) is 15.6. The second-order valence-electron chi connectivity index (χ2n) is 6.29. The van der Waals surface area contributed by atoms with Gasteiger partial charge in [-0.25, -0.2) is 4.98 Å². The number of nitrogens with one attached hydrogen (secondary N) is 1. The van der Waals surface area contributed by atoms with Crippen molar-refractivity contribution in [2.45, 2.75) is 13.3 Å². The van der Waals surface area contributed by atoms with E-state index in [1.807, 2.05) is 0 Å². The molecule has 3 heterocycles. The summed E-state index contributed by atoms with van der Waals surface area (Å²) in [6, 6.07) is 13.0. The molecule has 1 N–H and O–H groups in total. The van der Waals surface area contributed by atoms with Crippen molar-refractivity contribution in [2.24, 2.45) is 0 Å². The molecule has 2 aromatic heterocycles. The van der Waals surface area contributed by atoms with E-state index in [1.54, 1.807) is 0 Å². The van der Waals surface area contributed by atoms with Crippen molar-refractivity contribution >= 4 is 11.3 Å². The molecule has 1 aliphatic heterocycles. The molecule has 4 rings (SSSR count). The molecule has 0 atom stereocenters. The Kier molecular flexibility index (Phi) is 3.75. The third-order valence-corrected chi connectivity index (χ3v) is 4.44. The summed E-state index contributed by atoms with van der Waals surface area (Å²) in [6.07, 6.45) is 5.14. The molecule has 1 aromatic carbocycles. The van der Waals surface area contributed by atoms with Crippen LogP contribution in [0.4, 0.5) is 5.69 Å². The molecular formula is C19H22N4. The Hall–Kier alpha value is -2.33. The summed E-state index contributed by atoms with van der Waals surface area (Å²) in [4.78, 5) is 7.24. The molecule has 0 unspecified atom stereocenters. The SMILES string of the molecule is Cc1cccc(Cc2cn3ccc(N4CCNCC4)cc3n2)c1. The van der Waals surface area contributed by atoms with E-state index in [2.05, 4.69) is 70.3 Å². The first-order valence-corrected chi connectivity index (χ1v) is 8.27. The Morgan fingerprint density at radius 3 is 2.83 bits per heavy atom. The largest absolute Gasteiger partial charge is 0.369 e. The molecule has 0 amide bonds. The fraction of sp³-hybridized carbons (Fsp3) is 0.316. The number of fused-ring (bicyclic) bond motifs is 1. The summed E-state index contributed by atoms with van der Waals surface area (Å²) < 4.78 is 2.12. The van der Waals surface area contributed by atoms with Gasteiger partial charge in [0.1, 0.15) is 5.65 Å². The Balaban J connectivity index is 1.60. The Bertz CT molecular complexity index is 815. The van der Waals surface area contributed by atoms with E-state index >= 15 is 0 Å². The maximum absolute atomic E-state index is 4.81. The van der Waals surface area contributed by atoms with E-state index in [-0.39, 0.29) is 0 Å². The van der Waals surface area contributed by atoms with Crippen LogP contribution in [0.15, 0.2) is 48.8 Å². The van der Waals surface area contributed by atoms with Crippen LogP contribution < -0.4 is 10.2 Å². The lowest BCUT2D eigenvalue weighted by molar-refractivity contribution is 0.589. The van der Waals surface area contributed by atoms with E-state index in [0.29, 0.717) is 0 Å². The number of nitrogens with zero attached hydrogens (tertiary/aromatic N) is 3. The van der Waals surface area contributed by atoms with Crippen LogP contribution in [0.3, 0.4) is 0 Å². The normalized spacial score (nSPS) is 15.3. The highest BCUT2D eigenvalue weighted by molar-refractivity contribution is 5.57. The van der Waals surface area contributed by atoms with Gasteiger partial charge < -0.3 is 14.6 Å². The van der Waals surface area contributed by atoms with Crippen LogP contribution >= 0.6 is 0 Å². The molecule has 23 heavy (non-hydrogen) atoms. The first-order chi connectivity index (χ1) is 11.3. The third-order valence-electron chi connectivity index (χ3n) is 4.44. The monoisotopic (exact) mass is 306 g/mol. The fourth-order valence-corrected chi connectivity index (χ4v) is 3.26. The zero-order valence-corrected chi connectivity index (χ0v) is 13.5. The first kappa shape index (κ1) is 14.3. The van der Waals surface area contributed by atoms with Crippen molar-refractivity contribution < 1.29 is 0 Å². The number of hydrogen-bond donors (Lipinski definition) is 1. The average Bonchev–Trinajstić information content (AvgIpc) is 2.97. The van der Waals surface area contributed by atoms with Gasteiger partial charge in [-0.05, 0) is 18.6 Å². The molecule has 4 heteroatoms. The third kappa shape index (κ3) is 3.08. The summed E-state index contributed by atoms with van der Waals surface area (Å²) >= 11 is 0. The van der Waals surface area contributed by atoms with Crippen LogP contribution in [0.2, 0.25) is 0 Å². The molecular weight excluding hydrogens is 284 g/mol. The number of hydrogen-bond acceptors (Lipinski definition) is 3. The highest BCUT2D eigenvalue weighted by Gasteiger charge is 2.11. The van der Waals surface area contributed by atoms with Crippen molar-refractivity contribution in [3.8, 4) is 0 Å². The van der Waals surface area contributed by atoms with Crippen LogP contribution in [-0.2, 0) is 6.42 Å². The van der Waals surface area contributed by atoms with Crippen molar-refractivity contribution in [3.05, 3.63) is 65.6 Å². The average molecular weight is 306 g/mol. The molecule has 0 radical (unpaired) electrons. The smallest absolute Gasteiger partial charge is 0.139 e. The molecule has 1 saturated heterocycles. The van der Waals surface area contributed by atoms with Gasteiger partial charge in [0, 0.05) is 56.7 Å². The molecule has 3 aromatic rings. The predicted octanol–water partition coefficient (Wildman–Crippen LogP) is 2.64. The van der Waals surface area contributed by atoms with E-state index in [4.69, 9.17) is 4.98 Å². The van der Waals surface area contributed by atoms with Crippen LogP contribution in [0.1, 0.15) is 16.8 Å². The van der Waals surface area contributed by atoms with Crippen LogP contribution in [0, 0.1) is 6.92 Å². The Morgan fingerprint density at radius 1 is 1.13 bits per heavy atom. The van der Waals surface area contributed by atoms with Gasteiger partial charge in [0.05, 0.1) is 5.69 Å². The summed E-state index contributed by atoms with van der Waals surface area (Å²) in [5, 5.41) is 3.40. The number of benzene rings is 1. The molecule has 0 bridgehead atoms. The Morgan fingerprint density at radius 2 is 2.00 bits per heavy atom. The van der Waals surface area contributed by atoms with E-state index < -0.39 is 0 Å². The minimum absolute atomic E-state index is 0.881. The lowest BCUT2D eigenvalue weighted by Gasteiger charge is -2.29. The maximum Gasteiger partial charge on any atom is 0.139 e. The number of aryl methyl sites for hydroxylation is 1. The molecule has 1 aliphatic rings. The highest BCUT2D eigenvalue weighted by atomic mass is 15.2. The van der Waals surface area contributed by atoms with Gasteiger partial charge >= 0.3 is 0 Å². The minimum Gasteiger partial charge on any atom is -0.369 e. The van der Waals surface area contributed by atoms with Crippen LogP contribution in [-0.4, -0.2) is 35.6 Å². The van der Waals surface area contributed by atoms with Gasteiger partial charge in [-0.1, -0.05) is 29.8 Å². The van der Waals surface area contributed by atoms with Crippen molar-refractivity contribution in [1.29, 1.82) is 0 Å². The summed E-state index contributed by atoms with van der Waals surface area (Å²) in [6.45, 7) is 6.36. The molecule has 0 spiro atoms. The second-order valence-corrected chi connectivity index (χ2v) is 6.29. The number of pyridine rings is 1. The second kappa shape index (κ2) is 6.05. The number of aromatic nitrogens is 2. The first-order valence-electron chi connectivity index (χ1n) is 8.27. The fourth-order valence-electron chi connectivity index (χ4n) is 3.26. The highest BCUT2D eigenvalue weighted by Crippen LogP contribution is 2.19. The lowest BCUT2D eigenvalue weighted by Crippen LogP contribution is -2.43. The van der Waals surface area contributed by atoms with E-state index in [9.17, 15) is 0 Å². The molecule has 118 valence electrons. The van der Waals surface area contributed by atoms with Gasteiger partial charge in [0.2, 0.25) is 0 Å². The van der Waals surface area contributed by atoms with E-state index in [1.165, 1.54) is 16.8 Å². The Labute approximate surface area is 136 Å². The summed E-state index contributed by atoms with van der Waals surface area (Å²) in [5.41, 5.74) is 6.03. The van der Waals surface area contributed by atoms with Gasteiger partial charge in [0.25, 0.3) is 0 Å². The standard InChI is InChI=1S/C19H22N4/c1-15-3-2-4-16(11-15)12-17-14-23-8-5-18(13-19(23)21-17)22-9-6-20-7-10-22/h2-5,8,11,13-14,20H,6-7,9-10,12H2,1H3. The number of rotatable bonds is 3. The minimum atomic E-state index is 0.881. The van der Waals surface area contributed by atoms with Gasteiger partial charge in [-0.15, -0.1) is 0 Å². The lowest BCUT2D eigenvalue weighted by atomic mass is 10.1. The van der Waals surface area contributed by atoms with Crippen molar-refractivity contribution in [1.82, 2.24) is 14.7 Å². The van der Waals surface area contributed by atoms with Gasteiger partial charge in [0.15, 0.2) is 0 Å². The van der Waals surface area contributed by atoms with Crippen molar-refractivity contribution in [3.63, 3.8) is 0 Å². The summed E-state index contributed by atoms with van der Waals surface area (Å²) in [5.74, 6) is 0. The summed E-state index contributed by atoms with van der Waals surface area (Å²) in [7, 11) is 0. The number of piperazine rings is 1. The topological polar surface area (TPSA) is 32.6 Å². The maximum atomic E-state index is 4.81. The number of anilines is 1. The molecule has 0 aliphatic carbocycles. The number of imidazole rings is 1. The molecule has 1 fully saturated rings. The quantitative estimate of drug-likeness (QED) is 0.807. The van der Waals surface area contributed by atoms with Gasteiger partial charge in [-0.2, -0.15) is 0 Å². The van der Waals surface area contributed by atoms with Gasteiger partial charge in [-0.3, -0.25) is 0 Å². The zero-order valence-electron chi connectivity index (χ0n) is 13.5. The van der Waals surface area contributed by atoms with Crippen LogP contribution in [0.5, 0.6) is 0 Å². The van der Waals surface area contributed by atoms with Crippen LogP contribution in [0.25, 0.3) is 5.65 Å². The predicted molar refractivity (Wildman–Crippen MR) is 94.3 cm³/mol. The molecule has 0 saturated carbocycles. The van der Waals surface area contributed by atoms with Crippen molar-refractivity contribution in [2.75, 3.05) is 31.1 Å².